The molecule has 2 heteroatoms. The van der Waals surface area contributed by atoms with Gasteiger partial charge in [0.25, 0.3) is 0 Å². The molecular formula is C20H40N2. The van der Waals surface area contributed by atoms with Crippen molar-refractivity contribution in [2.24, 2.45) is 0 Å². The molecule has 0 spiro atoms. The minimum atomic E-state index is 1.37. The third-order valence-corrected chi connectivity index (χ3v) is 5.60. The van der Waals surface area contributed by atoms with E-state index in [2.05, 4.69) is 9.80 Å². The summed E-state index contributed by atoms with van der Waals surface area (Å²) in [6, 6.07) is 0. The van der Waals surface area contributed by atoms with Crippen LogP contribution in [-0.4, -0.2) is 49.1 Å². The first kappa shape index (κ1) is 18.3. The minimum Gasteiger partial charge on any atom is -0.303 e. The normalized spacial score (nSPS) is 20.2. The molecule has 2 fully saturated rings. The molecule has 0 atom stereocenters. The molecule has 0 aromatic heterocycles. The maximum atomic E-state index is 2.65. The van der Waals surface area contributed by atoms with E-state index in [9.17, 15) is 0 Å². The summed E-state index contributed by atoms with van der Waals surface area (Å²) in [6.45, 7) is 8.24. The van der Waals surface area contributed by atoms with E-state index in [-0.39, 0.29) is 0 Å². The molecule has 130 valence electrons. The van der Waals surface area contributed by atoms with Crippen molar-refractivity contribution in [3.63, 3.8) is 0 Å². The van der Waals surface area contributed by atoms with Gasteiger partial charge in [-0.2, -0.15) is 0 Å². The molecule has 0 bridgehead atoms. The lowest BCUT2D eigenvalue weighted by Crippen LogP contribution is -2.20. The zero-order chi connectivity index (χ0) is 15.3. The quantitative estimate of drug-likeness (QED) is 0.438. The molecule has 0 N–H and O–H groups in total. The number of hydrogen-bond donors (Lipinski definition) is 0. The van der Waals surface area contributed by atoms with Gasteiger partial charge in [0.05, 0.1) is 0 Å². The number of hydrogen-bond acceptors (Lipinski definition) is 2. The van der Waals surface area contributed by atoms with E-state index >= 15 is 0 Å². The number of unbranched alkanes of at least 4 members (excludes halogenated alkanes) is 9. The van der Waals surface area contributed by atoms with Gasteiger partial charge in [0.1, 0.15) is 0 Å². The van der Waals surface area contributed by atoms with Crippen molar-refractivity contribution in [1.29, 1.82) is 0 Å². The fraction of sp³-hybridized carbons (Fsp3) is 1.00. The topological polar surface area (TPSA) is 6.48 Å². The van der Waals surface area contributed by atoms with Crippen LogP contribution in [0.1, 0.15) is 89.9 Å². The zero-order valence-electron chi connectivity index (χ0n) is 15.0. The van der Waals surface area contributed by atoms with Gasteiger partial charge in [-0.25, -0.2) is 0 Å². The molecule has 2 aliphatic rings. The molecule has 0 aliphatic carbocycles. The standard InChI is InChI=1S/C20H40N2/c1(3-5-7-9-15-21-17-11-12-18-21)2-4-6-8-10-16-22-19-13-14-20-22/h1-20H2. The first-order valence-corrected chi connectivity index (χ1v) is 10.4. The van der Waals surface area contributed by atoms with E-state index in [1.165, 1.54) is 129 Å². The lowest BCUT2D eigenvalue weighted by Gasteiger charge is -2.14. The van der Waals surface area contributed by atoms with Gasteiger partial charge >= 0.3 is 0 Å². The molecule has 0 aromatic rings. The number of nitrogens with zero attached hydrogens (tertiary/aromatic N) is 2. The van der Waals surface area contributed by atoms with Crippen LogP contribution >= 0.6 is 0 Å². The molecule has 2 rings (SSSR count). The summed E-state index contributed by atoms with van der Waals surface area (Å²) in [7, 11) is 0. The Labute approximate surface area is 139 Å². The van der Waals surface area contributed by atoms with Crippen LogP contribution in [-0.2, 0) is 0 Å². The van der Waals surface area contributed by atoms with Crippen LogP contribution < -0.4 is 0 Å². The maximum Gasteiger partial charge on any atom is -0.00183 e. The van der Waals surface area contributed by atoms with Gasteiger partial charge in [-0.05, 0) is 77.8 Å². The Morgan fingerprint density at radius 2 is 0.636 bits per heavy atom. The van der Waals surface area contributed by atoms with Gasteiger partial charge in [-0.15, -0.1) is 0 Å². The fourth-order valence-corrected chi connectivity index (χ4v) is 4.10. The smallest absolute Gasteiger partial charge is 0.00183 e. The summed E-state index contributed by atoms with van der Waals surface area (Å²) in [6.07, 6.45) is 20.5. The van der Waals surface area contributed by atoms with Crippen molar-refractivity contribution in [3.05, 3.63) is 0 Å². The first-order valence-electron chi connectivity index (χ1n) is 10.4. The van der Waals surface area contributed by atoms with Crippen molar-refractivity contribution in [1.82, 2.24) is 9.80 Å². The summed E-state index contributed by atoms with van der Waals surface area (Å²) in [4.78, 5) is 5.31. The molecule has 22 heavy (non-hydrogen) atoms. The second-order valence-corrected chi connectivity index (χ2v) is 7.63. The van der Waals surface area contributed by atoms with Crippen molar-refractivity contribution < 1.29 is 0 Å². The van der Waals surface area contributed by atoms with Crippen LogP contribution in [0.5, 0.6) is 0 Å². The lowest BCUT2D eigenvalue weighted by atomic mass is 10.1. The molecule has 2 aliphatic heterocycles. The molecule has 0 amide bonds. The Morgan fingerprint density at radius 3 is 0.955 bits per heavy atom. The highest BCUT2D eigenvalue weighted by Crippen LogP contribution is 2.13. The maximum absolute atomic E-state index is 2.65. The van der Waals surface area contributed by atoms with Crippen LogP contribution in [0.15, 0.2) is 0 Å². The average Bonchev–Trinajstić information content (AvgIpc) is 3.21. The molecule has 0 radical (unpaired) electrons. The summed E-state index contributed by atoms with van der Waals surface area (Å²) >= 11 is 0. The summed E-state index contributed by atoms with van der Waals surface area (Å²) < 4.78 is 0. The monoisotopic (exact) mass is 308 g/mol. The third-order valence-electron chi connectivity index (χ3n) is 5.60. The second-order valence-electron chi connectivity index (χ2n) is 7.63. The van der Waals surface area contributed by atoms with Gasteiger partial charge in [-0.1, -0.05) is 51.4 Å². The molecule has 2 saturated heterocycles. The summed E-state index contributed by atoms with van der Waals surface area (Å²) in [5.41, 5.74) is 0. The van der Waals surface area contributed by atoms with Gasteiger partial charge in [0, 0.05) is 0 Å². The Hall–Kier alpha value is -0.0800. The lowest BCUT2D eigenvalue weighted by molar-refractivity contribution is 0.326. The van der Waals surface area contributed by atoms with Gasteiger partial charge in [-0.3, -0.25) is 0 Å². The minimum absolute atomic E-state index is 1.37. The van der Waals surface area contributed by atoms with Crippen LogP contribution in [0.2, 0.25) is 0 Å². The van der Waals surface area contributed by atoms with Crippen molar-refractivity contribution in [2.45, 2.75) is 89.9 Å². The highest BCUT2D eigenvalue weighted by Gasteiger charge is 2.10. The number of likely N-dealkylation sites (tertiary alicyclic amines) is 2. The van der Waals surface area contributed by atoms with Crippen molar-refractivity contribution >= 4 is 0 Å². The van der Waals surface area contributed by atoms with E-state index in [0.29, 0.717) is 0 Å². The SMILES string of the molecule is C(CCCCCCN1CCCC1)CCCCCN1CCCC1. The second kappa shape index (κ2) is 12.4. The van der Waals surface area contributed by atoms with Crippen LogP contribution in [0.25, 0.3) is 0 Å². The molecule has 2 heterocycles. The van der Waals surface area contributed by atoms with E-state index in [1.54, 1.807) is 0 Å². The van der Waals surface area contributed by atoms with Crippen LogP contribution in [0, 0.1) is 0 Å². The largest absolute Gasteiger partial charge is 0.303 e. The Morgan fingerprint density at radius 1 is 0.364 bits per heavy atom. The molecule has 0 aromatic carbocycles. The highest BCUT2D eigenvalue weighted by molar-refractivity contribution is 4.66. The Kier molecular flexibility index (Phi) is 10.3. The van der Waals surface area contributed by atoms with E-state index in [4.69, 9.17) is 0 Å². The Bertz CT molecular complexity index is 216. The predicted molar refractivity (Wildman–Crippen MR) is 97.5 cm³/mol. The average molecular weight is 309 g/mol. The molecular weight excluding hydrogens is 268 g/mol. The highest BCUT2D eigenvalue weighted by atomic mass is 15.1. The summed E-state index contributed by atoms with van der Waals surface area (Å²) in [5.74, 6) is 0. The van der Waals surface area contributed by atoms with E-state index < -0.39 is 0 Å². The predicted octanol–water partition coefficient (Wildman–Crippen LogP) is 5.08. The molecule has 2 nitrogen and oxygen atoms in total. The molecule has 0 saturated carbocycles. The van der Waals surface area contributed by atoms with Crippen molar-refractivity contribution in [2.75, 3.05) is 39.3 Å². The number of rotatable bonds is 13. The van der Waals surface area contributed by atoms with E-state index in [0.717, 1.165) is 0 Å². The van der Waals surface area contributed by atoms with Gasteiger partial charge in [0.15, 0.2) is 0 Å². The van der Waals surface area contributed by atoms with Crippen LogP contribution in [0.3, 0.4) is 0 Å². The van der Waals surface area contributed by atoms with Gasteiger partial charge in [0.2, 0.25) is 0 Å². The van der Waals surface area contributed by atoms with Gasteiger partial charge < -0.3 is 9.80 Å². The summed E-state index contributed by atoms with van der Waals surface area (Å²) in [5, 5.41) is 0. The van der Waals surface area contributed by atoms with Crippen molar-refractivity contribution in [3.8, 4) is 0 Å². The zero-order valence-corrected chi connectivity index (χ0v) is 15.0. The third kappa shape index (κ3) is 8.53. The first-order chi connectivity index (χ1) is 10.9. The Balaban J connectivity index is 1.23. The molecule has 0 unspecified atom stereocenters. The van der Waals surface area contributed by atoms with Crippen LogP contribution in [0.4, 0.5) is 0 Å². The fourth-order valence-electron chi connectivity index (χ4n) is 4.10. The van der Waals surface area contributed by atoms with E-state index in [1.807, 2.05) is 0 Å².